The molecule has 0 saturated carbocycles. The Morgan fingerprint density at radius 3 is 2.92 bits per heavy atom. The van der Waals surface area contributed by atoms with E-state index in [0.29, 0.717) is 31.3 Å². The molecular formula is C17H20N2O4S. The molecule has 1 unspecified atom stereocenters. The summed E-state index contributed by atoms with van der Waals surface area (Å²) in [4.78, 5) is 18.9. The van der Waals surface area contributed by atoms with Gasteiger partial charge in [0.05, 0.1) is 37.1 Å². The number of thiazole rings is 1. The van der Waals surface area contributed by atoms with E-state index in [9.17, 15) is 4.79 Å². The number of amides is 1. The van der Waals surface area contributed by atoms with E-state index in [1.807, 2.05) is 24.4 Å². The van der Waals surface area contributed by atoms with Gasteiger partial charge in [-0.25, -0.2) is 4.98 Å². The van der Waals surface area contributed by atoms with E-state index in [4.69, 9.17) is 14.2 Å². The number of nitrogens with zero attached hydrogens (tertiary/aromatic N) is 2. The van der Waals surface area contributed by atoms with Gasteiger partial charge in [0.2, 0.25) is 0 Å². The molecule has 1 aliphatic rings. The largest absolute Gasteiger partial charge is 0.493 e. The topological polar surface area (TPSA) is 60.9 Å². The Balaban J connectivity index is 1.68. The number of ether oxygens (including phenoxy) is 3. The van der Waals surface area contributed by atoms with E-state index in [2.05, 4.69) is 4.98 Å². The summed E-state index contributed by atoms with van der Waals surface area (Å²) in [7, 11) is 1.58. The molecule has 1 amide bonds. The van der Waals surface area contributed by atoms with E-state index in [-0.39, 0.29) is 18.6 Å². The standard InChI is InChI=1S/C17H20N2O4S/c1-12-18-13(11-24-12)14-9-22-8-7-19(14)17(20)10-23-16-6-4-3-5-15(16)21-2/h3-6,11,14H,7-10H2,1-2H3. The van der Waals surface area contributed by atoms with Gasteiger partial charge in [-0.05, 0) is 19.1 Å². The fourth-order valence-corrected chi connectivity index (χ4v) is 3.30. The Kier molecular flexibility index (Phi) is 5.32. The maximum Gasteiger partial charge on any atom is 0.261 e. The second-order valence-electron chi connectivity index (χ2n) is 5.41. The van der Waals surface area contributed by atoms with Crippen LogP contribution in [-0.2, 0) is 9.53 Å². The number of benzene rings is 1. The quantitative estimate of drug-likeness (QED) is 0.831. The number of rotatable bonds is 5. The third kappa shape index (κ3) is 3.68. The van der Waals surface area contributed by atoms with Crippen molar-refractivity contribution in [2.24, 2.45) is 0 Å². The molecule has 1 aromatic carbocycles. The van der Waals surface area contributed by atoms with Gasteiger partial charge < -0.3 is 19.1 Å². The minimum Gasteiger partial charge on any atom is -0.493 e. The lowest BCUT2D eigenvalue weighted by molar-refractivity contribution is -0.142. The van der Waals surface area contributed by atoms with Crippen LogP contribution in [0.2, 0.25) is 0 Å². The lowest BCUT2D eigenvalue weighted by Crippen LogP contribution is -2.45. The number of carbonyl (C=O) groups excluding carboxylic acids is 1. The molecule has 2 aromatic rings. The molecule has 0 aliphatic carbocycles. The average Bonchev–Trinajstić information content (AvgIpc) is 3.06. The first-order valence-electron chi connectivity index (χ1n) is 7.74. The molecule has 1 fully saturated rings. The zero-order valence-corrected chi connectivity index (χ0v) is 14.5. The van der Waals surface area contributed by atoms with E-state index in [0.717, 1.165) is 10.7 Å². The Hall–Kier alpha value is -2.12. The van der Waals surface area contributed by atoms with Gasteiger partial charge in [-0.3, -0.25) is 4.79 Å². The number of morpholine rings is 1. The van der Waals surface area contributed by atoms with Crippen molar-refractivity contribution in [3.63, 3.8) is 0 Å². The lowest BCUT2D eigenvalue weighted by Gasteiger charge is -2.34. The van der Waals surface area contributed by atoms with Gasteiger partial charge in [0.1, 0.15) is 0 Å². The highest BCUT2D eigenvalue weighted by Crippen LogP contribution is 2.28. The molecule has 0 spiro atoms. The van der Waals surface area contributed by atoms with Crippen molar-refractivity contribution in [2.75, 3.05) is 33.5 Å². The highest BCUT2D eigenvalue weighted by atomic mass is 32.1. The highest BCUT2D eigenvalue weighted by Gasteiger charge is 2.30. The first kappa shape index (κ1) is 16.7. The van der Waals surface area contributed by atoms with Gasteiger partial charge in [-0.15, -0.1) is 11.3 Å². The Bertz CT molecular complexity index is 703. The molecule has 2 heterocycles. The van der Waals surface area contributed by atoms with Gasteiger partial charge in [-0.2, -0.15) is 0 Å². The molecule has 6 nitrogen and oxygen atoms in total. The van der Waals surface area contributed by atoms with E-state index in [1.54, 1.807) is 35.5 Å². The summed E-state index contributed by atoms with van der Waals surface area (Å²) in [5.41, 5.74) is 0.878. The van der Waals surface area contributed by atoms with E-state index < -0.39 is 0 Å². The minimum absolute atomic E-state index is 0.0417. The Morgan fingerprint density at radius 2 is 2.21 bits per heavy atom. The van der Waals surface area contributed by atoms with Gasteiger partial charge in [0, 0.05) is 11.9 Å². The molecule has 24 heavy (non-hydrogen) atoms. The average molecular weight is 348 g/mol. The lowest BCUT2D eigenvalue weighted by atomic mass is 10.1. The fraction of sp³-hybridized carbons (Fsp3) is 0.412. The van der Waals surface area contributed by atoms with Crippen LogP contribution in [0, 0.1) is 6.92 Å². The van der Waals surface area contributed by atoms with Crippen LogP contribution in [0.5, 0.6) is 11.5 Å². The summed E-state index contributed by atoms with van der Waals surface area (Å²) in [6, 6.07) is 7.13. The maximum absolute atomic E-state index is 12.6. The molecule has 7 heteroatoms. The fourth-order valence-electron chi connectivity index (χ4n) is 2.64. The summed E-state index contributed by atoms with van der Waals surface area (Å²) in [5, 5.41) is 2.96. The van der Waals surface area contributed by atoms with Gasteiger partial charge >= 0.3 is 0 Å². The van der Waals surface area contributed by atoms with Crippen LogP contribution in [0.3, 0.4) is 0 Å². The number of aryl methyl sites for hydroxylation is 1. The smallest absolute Gasteiger partial charge is 0.261 e. The molecule has 0 N–H and O–H groups in total. The van der Waals surface area contributed by atoms with Crippen LogP contribution in [-0.4, -0.2) is 49.3 Å². The third-order valence-corrected chi connectivity index (χ3v) is 4.64. The zero-order chi connectivity index (χ0) is 16.9. The van der Waals surface area contributed by atoms with Crippen LogP contribution in [0.4, 0.5) is 0 Å². The summed E-state index contributed by atoms with van der Waals surface area (Å²) in [6.07, 6.45) is 0. The third-order valence-electron chi connectivity index (χ3n) is 3.85. The molecule has 1 aliphatic heterocycles. The SMILES string of the molecule is COc1ccccc1OCC(=O)N1CCOCC1c1csc(C)n1. The predicted molar refractivity (Wildman–Crippen MR) is 90.6 cm³/mol. The summed E-state index contributed by atoms with van der Waals surface area (Å²) >= 11 is 1.57. The van der Waals surface area contributed by atoms with Gasteiger partial charge in [0.25, 0.3) is 5.91 Å². The maximum atomic E-state index is 12.6. The number of hydrogen-bond acceptors (Lipinski definition) is 6. The minimum atomic E-state index is -0.155. The second-order valence-corrected chi connectivity index (χ2v) is 6.47. The summed E-state index contributed by atoms with van der Waals surface area (Å²) in [5.74, 6) is 1.08. The van der Waals surface area contributed by atoms with Crippen LogP contribution in [0.25, 0.3) is 0 Å². The van der Waals surface area contributed by atoms with E-state index in [1.165, 1.54) is 0 Å². The molecule has 1 atom stereocenters. The van der Waals surface area contributed by atoms with Crippen molar-refractivity contribution < 1.29 is 19.0 Å². The highest BCUT2D eigenvalue weighted by molar-refractivity contribution is 7.09. The van der Waals surface area contributed by atoms with Crippen molar-refractivity contribution in [2.45, 2.75) is 13.0 Å². The number of para-hydroxylation sites is 2. The molecule has 0 radical (unpaired) electrons. The first-order chi connectivity index (χ1) is 11.7. The summed E-state index contributed by atoms with van der Waals surface area (Å²) in [6.45, 7) is 3.44. The van der Waals surface area contributed by atoms with Crippen molar-refractivity contribution in [1.82, 2.24) is 9.88 Å². The number of methoxy groups -OCH3 is 1. The van der Waals surface area contributed by atoms with Crippen molar-refractivity contribution in [1.29, 1.82) is 0 Å². The Labute approximate surface area is 145 Å². The molecule has 3 rings (SSSR count). The van der Waals surface area contributed by atoms with Crippen molar-refractivity contribution >= 4 is 17.2 Å². The predicted octanol–water partition coefficient (Wildman–Crippen LogP) is 2.44. The molecule has 1 saturated heterocycles. The van der Waals surface area contributed by atoms with Crippen LogP contribution in [0.1, 0.15) is 16.7 Å². The number of hydrogen-bond donors (Lipinski definition) is 0. The molecular weight excluding hydrogens is 328 g/mol. The molecule has 128 valence electrons. The number of carbonyl (C=O) groups is 1. The second kappa shape index (κ2) is 7.63. The van der Waals surface area contributed by atoms with Crippen molar-refractivity contribution in [3.8, 4) is 11.5 Å². The van der Waals surface area contributed by atoms with Crippen molar-refractivity contribution in [3.05, 3.63) is 40.3 Å². The van der Waals surface area contributed by atoms with Crippen LogP contribution < -0.4 is 9.47 Å². The molecule has 1 aromatic heterocycles. The number of aromatic nitrogens is 1. The first-order valence-corrected chi connectivity index (χ1v) is 8.62. The summed E-state index contributed by atoms with van der Waals surface area (Å²) < 4.78 is 16.4. The van der Waals surface area contributed by atoms with Gasteiger partial charge in [-0.1, -0.05) is 12.1 Å². The van der Waals surface area contributed by atoms with E-state index >= 15 is 0 Å². The molecule has 0 bridgehead atoms. The van der Waals surface area contributed by atoms with Gasteiger partial charge in [0.15, 0.2) is 18.1 Å². The monoisotopic (exact) mass is 348 g/mol. The Morgan fingerprint density at radius 1 is 1.42 bits per heavy atom. The normalized spacial score (nSPS) is 17.6. The van der Waals surface area contributed by atoms with Crippen LogP contribution in [0.15, 0.2) is 29.6 Å². The zero-order valence-electron chi connectivity index (χ0n) is 13.7. The van der Waals surface area contributed by atoms with Crippen LogP contribution >= 0.6 is 11.3 Å².